The van der Waals surface area contributed by atoms with E-state index in [1.807, 2.05) is 13.8 Å². The number of phenols is 1. The van der Waals surface area contributed by atoms with Crippen LogP contribution in [0.1, 0.15) is 29.5 Å². The maximum Gasteiger partial charge on any atom is 0.119 e. The highest BCUT2D eigenvalue weighted by molar-refractivity contribution is 5.88. The molecule has 19 heavy (non-hydrogen) atoms. The number of pyridine rings is 1. The van der Waals surface area contributed by atoms with Crippen LogP contribution in [0.2, 0.25) is 0 Å². The number of aromatic nitrogens is 1. The van der Waals surface area contributed by atoms with Gasteiger partial charge in [-0.1, -0.05) is 6.92 Å². The summed E-state index contributed by atoms with van der Waals surface area (Å²) in [5.74, 6) is 0.0772. The quantitative estimate of drug-likeness (QED) is 0.672. The first-order chi connectivity index (χ1) is 9.00. The zero-order chi connectivity index (χ0) is 13.7. The second kappa shape index (κ2) is 4.18. The third-order valence-electron chi connectivity index (χ3n) is 4.22. The van der Waals surface area contributed by atoms with E-state index in [2.05, 4.69) is 4.98 Å². The Morgan fingerprint density at radius 2 is 2.00 bits per heavy atom. The van der Waals surface area contributed by atoms with E-state index in [9.17, 15) is 15.3 Å². The lowest BCUT2D eigenvalue weighted by Crippen LogP contribution is -2.37. The van der Waals surface area contributed by atoms with Crippen LogP contribution in [0.15, 0.2) is 18.3 Å². The van der Waals surface area contributed by atoms with Gasteiger partial charge in [0.05, 0.1) is 17.7 Å². The minimum absolute atomic E-state index is 0.155. The topological polar surface area (TPSA) is 73.6 Å². The van der Waals surface area contributed by atoms with Gasteiger partial charge in [-0.25, -0.2) is 0 Å². The number of hydrogen-bond acceptors (Lipinski definition) is 4. The Morgan fingerprint density at radius 3 is 2.74 bits per heavy atom. The molecule has 4 nitrogen and oxygen atoms in total. The molecule has 3 rings (SSSR count). The molecule has 1 aliphatic carbocycles. The van der Waals surface area contributed by atoms with Gasteiger partial charge in [0.25, 0.3) is 0 Å². The first-order valence-electron chi connectivity index (χ1n) is 6.47. The normalized spacial score (nSPS) is 26.4. The van der Waals surface area contributed by atoms with Crippen LogP contribution in [0.5, 0.6) is 5.75 Å². The standard InChI is InChI=1S/C15H17NO3/c1-7-10-6-16-11-3-4-12(17)8(2)14(11)9(10)5-13(18)15(7)19/h3-4,6-7,13,15,17-19H,5H2,1-2H3. The predicted molar refractivity (Wildman–Crippen MR) is 72.3 cm³/mol. The Labute approximate surface area is 111 Å². The van der Waals surface area contributed by atoms with E-state index >= 15 is 0 Å². The van der Waals surface area contributed by atoms with Crippen LogP contribution >= 0.6 is 0 Å². The summed E-state index contributed by atoms with van der Waals surface area (Å²) in [6.45, 7) is 3.74. The van der Waals surface area contributed by atoms with E-state index in [4.69, 9.17) is 0 Å². The van der Waals surface area contributed by atoms with Crippen molar-refractivity contribution in [1.29, 1.82) is 0 Å². The molecule has 0 aliphatic heterocycles. The molecule has 0 saturated heterocycles. The van der Waals surface area contributed by atoms with Gasteiger partial charge in [0.1, 0.15) is 5.75 Å². The molecule has 1 aromatic carbocycles. The van der Waals surface area contributed by atoms with Crippen molar-refractivity contribution in [3.63, 3.8) is 0 Å². The molecule has 3 atom stereocenters. The van der Waals surface area contributed by atoms with Crippen molar-refractivity contribution in [2.45, 2.75) is 38.4 Å². The molecule has 1 aromatic heterocycles. The van der Waals surface area contributed by atoms with Crippen molar-refractivity contribution in [3.05, 3.63) is 35.0 Å². The SMILES string of the molecule is Cc1c(O)ccc2ncc3c(c12)CC(O)C(O)C3C. The first kappa shape index (κ1) is 12.4. The van der Waals surface area contributed by atoms with Crippen LogP contribution in [0.25, 0.3) is 10.9 Å². The number of fused-ring (bicyclic) bond motifs is 3. The fourth-order valence-electron chi connectivity index (χ4n) is 3.00. The summed E-state index contributed by atoms with van der Waals surface area (Å²) in [5, 5.41) is 30.7. The molecule has 0 spiro atoms. The van der Waals surface area contributed by atoms with Crippen molar-refractivity contribution in [2.24, 2.45) is 0 Å². The minimum atomic E-state index is -0.769. The van der Waals surface area contributed by atoms with Crippen LogP contribution in [-0.4, -0.2) is 32.5 Å². The van der Waals surface area contributed by atoms with E-state index in [1.54, 1.807) is 18.3 Å². The Morgan fingerprint density at radius 1 is 1.26 bits per heavy atom. The summed E-state index contributed by atoms with van der Waals surface area (Å²) in [5.41, 5.74) is 3.53. The number of aromatic hydroxyl groups is 1. The molecular formula is C15H17NO3. The molecule has 100 valence electrons. The summed E-state index contributed by atoms with van der Waals surface area (Å²) >= 11 is 0. The number of phenolic OH excluding ortho intramolecular Hbond substituents is 1. The summed E-state index contributed by atoms with van der Waals surface area (Å²) in [6.07, 6.45) is 0.636. The lowest BCUT2D eigenvalue weighted by molar-refractivity contribution is -0.000582. The van der Waals surface area contributed by atoms with E-state index < -0.39 is 12.2 Å². The van der Waals surface area contributed by atoms with E-state index in [0.717, 1.165) is 27.6 Å². The fraction of sp³-hybridized carbons (Fsp3) is 0.400. The molecule has 2 aromatic rings. The Balaban J connectivity index is 2.35. The Bertz CT molecular complexity index is 653. The van der Waals surface area contributed by atoms with Crippen LogP contribution in [-0.2, 0) is 6.42 Å². The zero-order valence-corrected chi connectivity index (χ0v) is 11.0. The average molecular weight is 259 g/mol. The molecule has 0 radical (unpaired) electrons. The molecule has 4 heteroatoms. The largest absolute Gasteiger partial charge is 0.508 e. The molecule has 0 amide bonds. The number of aliphatic hydroxyl groups excluding tert-OH is 2. The predicted octanol–water partition coefficient (Wildman–Crippen LogP) is 1.63. The number of hydrogen-bond donors (Lipinski definition) is 3. The number of nitrogens with zero attached hydrogens (tertiary/aromatic N) is 1. The molecule has 0 bridgehead atoms. The van der Waals surface area contributed by atoms with Gasteiger partial charge in [0.15, 0.2) is 0 Å². The van der Waals surface area contributed by atoms with Gasteiger partial charge in [-0.15, -0.1) is 0 Å². The van der Waals surface area contributed by atoms with Gasteiger partial charge in [-0.2, -0.15) is 0 Å². The third kappa shape index (κ3) is 1.71. The molecular weight excluding hydrogens is 242 g/mol. The summed E-state index contributed by atoms with van der Waals surface area (Å²) < 4.78 is 0. The minimum Gasteiger partial charge on any atom is -0.508 e. The van der Waals surface area contributed by atoms with Crippen molar-refractivity contribution in [2.75, 3.05) is 0 Å². The van der Waals surface area contributed by atoms with Gasteiger partial charge in [0, 0.05) is 29.5 Å². The molecule has 1 aliphatic rings. The molecule has 3 N–H and O–H groups in total. The average Bonchev–Trinajstić information content (AvgIpc) is 2.40. The Kier molecular flexibility index (Phi) is 2.73. The number of aliphatic hydroxyl groups is 2. The van der Waals surface area contributed by atoms with Crippen molar-refractivity contribution in [1.82, 2.24) is 4.98 Å². The van der Waals surface area contributed by atoms with Crippen molar-refractivity contribution >= 4 is 10.9 Å². The molecule has 1 heterocycles. The van der Waals surface area contributed by atoms with Crippen molar-refractivity contribution in [3.8, 4) is 5.75 Å². The maximum atomic E-state index is 9.98. The summed E-state index contributed by atoms with van der Waals surface area (Å²) in [6, 6.07) is 3.41. The number of rotatable bonds is 0. The monoisotopic (exact) mass is 259 g/mol. The molecule has 3 unspecified atom stereocenters. The van der Waals surface area contributed by atoms with Gasteiger partial charge in [-0.05, 0) is 30.2 Å². The highest BCUT2D eigenvalue weighted by Gasteiger charge is 2.33. The summed E-state index contributed by atoms with van der Waals surface area (Å²) in [4.78, 5) is 4.40. The van der Waals surface area contributed by atoms with Gasteiger partial charge < -0.3 is 15.3 Å². The lowest BCUT2D eigenvalue weighted by atomic mass is 9.79. The second-order valence-corrected chi connectivity index (χ2v) is 5.35. The molecule has 0 fully saturated rings. The second-order valence-electron chi connectivity index (χ2n) is 5.35. The smallest absolute Gasteiger partial charge is 0.119 e. The van der Waals surface area contributed by atoms with Gasteiger partial charge in [0.2, 0.25) is 0 Å². The van der Waals surface area contributed by atoms with Crippen LogP contribution < -0.4 is 0 Å². The highest BCUT2D eigenvalue weighted by Crippen LogP contribution is 2.38. The van der Waals surface area contributed by atoms with Gasteiger partial charge >= 0.3 is 0 Å². The van der Waals surface area contributed by atoms with Gasteiger partial charge in [-0.3, -0.25) is 4.98 Å². The van der Waals surface area contributed by atoms with Crippen LogP contribution in [0.3, 0.4) is 0 Å². The van der Waals surface area contributed by atoms with Crippen LogP contribution in [0, 0.1) is 6.92 Å². The van der Waals surface area contributed by atoms with E-state index in [-0.39, 0.29) is 11.7 Å². The third-order valence-corrected chi connectivity index (χ3v) is 4.22. The van der Waals surface area contributed by atoms with E-state index in [0.29, 0.717) is 6.42 Å². The van der Waals surface area contributed by atoms with Crippen molar-refractivity contribution < 1.29 is 15.3 Å². The highest BCUT2D eigenvalue weighted by atomic mass is 16.3. The zero-order valence-electron chi connectivity index (χ0n) is 11.0. The maximum absolute atomic E-state index is 9.98. The number of aryl methyl sites for hydroxylation is 1. The van der Waals surface area contributed by atoms with E-state index in [1.165, 1.54) is 0 Å². The fourth-order valence-corrected chi connectivity index (χ4v) is 3.00. The first-order valence-corrected chi connectivity index (χ1v) is 6.47. The Hall–Kier alpha value is -1.65. The van der Waals surface area contributed by atoms with Crippen LogP contribution in [0.4, 0.5) is 0 Å². The lowest BCUT2D eigenvalue weighted by Gasteiger charge is -2.32. The molecule has 0 saturated carbocycles. The number of benzene rings is 1. The summed E-state index contributed by atoms with van der Waals surface area (Å²) in [7, 11) is 0.